The second kappa shape index (κ2) is 7.23. The largest absolute Gasteiger partial charge is 0.380 e. The van der Waals surface area contributed by atoms with Crippen LogP contribution in [0.15, 0.2) is 29.6 Å². The number of piperidine rings is 1. The van der Waals surface area contributed by atoms with E-state index in [1.165, 1.54) is 0 Å². The van der Waals surface area contributed by atoms with Gasteiger partial charge >= 0.3 is 0 Å². The lowest BCUT2D eigenvalue weighted by molar-refractivity contribution is 0.0611. The summed E-state index contributed by atoms with van der Waals surface area (Å²) in [6.45, 7) is 3.38. The van der Waals surface area contributed by atoms with Gasteiger partial charge < -0.3 is 9.64 Å². The second-order valence-corrected chi connectivity index (χ2v) is 6.86. The molecular formula is C18H22N2O2S. The third-order valence-electron chi connectivity index (χ3n) is 4.20. The molecule has 0 radical (unpaired) electrons. The van der Waals surface area contributed by atoms with Gasteiger partial charge in [0.2, 0.25) is 0 Å². The van der Waals surface area contributed by atoms with E-state index in [0.717, 1.165) is 47.6 Å². The van der Waals surface area contributed by atoms with E-state index < -0.39 is 0 Å². The van der Waals surface area contributed by atoms with E-state index in [2.05, 4.69) is 10.4 Å². The first-order chi connectivity index (χ1) is 11.2. The molecule has 23 heavy (non-hydrogen) atoms. The Morgan fingerprint density at radius 3 is 2.78 bits per heavy atom. The minimum absolute atomic E-state index is 0.103. The number of nitrogens with zero attached hydrogens (tertiary/aromatic N) is 2. The minimum atomic E-state index is 0.103. The molecule has 0 bridgehead atoms. The average molecular weight is 330 g/mol. The SMILES string of the molecule is COCc1ccc(C(=O)N2CCCC[C@H]2c2nc(C)cs2)cc1. The summed E-state index contributed by atoms with van der Waals surface area (Å²) in [6, 6.07) is 7.84. The van der Waals surface area contributed by atoms with E-state index >= 15 is 0 Å². The number of rotatable bonds is 4. The number of methoxy groups -OCH3 is 1. The van der Waals surface area contributed by atoms with Gasteiger partial charge in [-0.1, -0.05) is 12.1 Å². The Hall–Kier alpha value is -1.72. The molecule has 0 aliphatic carbocycles. The van der Waals surface area contributed by atoms with Crippen molar-refractivity contribution in [1.82, 2.24) is 9.88 Å². The van der Waals surface area contributed by atoms with Crippen LogP contribution in [0.4, 0.5) is 0 Å². The summed E-state index contributed by atoms with van der Waals surface area (Å²) in [5, 5.41) is 3.12. The fourth-order valence-corrected chi connectivity index (χ4v) is 3.98. The van der Waals surface area contributed by atoms with Crippen LogP contribution in [0.1, 0.15) is 51.9 Å². The van der Waals surface area contributed by atoms with Crippen LogP contribution in [0.3, 0.4) is 0 Å². The first-order valence-electron chi connectivity index (χ1n) is 8.00. The van der Waals surface area contributed by atoms with Crippen molar-refractivity contribution in [1.29, 1.82) is 0 Å². The number of carbonyl (C=O) groups excluding carboxylic acids is 1. The van der Waals surface area contributed by atoms with Crippen LogP contribution >= 0.6 is 11.3 Å². The van der Waals surface area contributed by atoms with Crippen LogP contribution in [-0.2, 0) is 11.3 Å². The van der Waals surface area contributed by atoms with E-state index in [9.17, 15) is 4.79 Å². The summed E-state index contributed by atoms with van der Waals surface area (Å²) in [6.07, 6.45) is 3.22. The Morgan fingerprint density at radius 1 is 1.35 bits per heavy atom. The molecule has 1 saturated heterocycles. The highest BCUT2D eigenvalue weighted by molar-refractivity contribution is 7.09. The van der Waals surface area contributed by atoms with Crippen LogP contribution in [0.25, 0.3) is 0 Å². The molecule has 2 heterocycles. The third kappa shape index (κ3) is 3.62. The first kappa shape index (κ1) is 16.1. The Bertz CT molecular complexity index is 666. The molecule has 4 nitrogen and oxygen atoms in total. The molecule has 1 aliphatic rings. The number of carbonyl (C=O) groups is 1. The molecular weight excluding hydrogens is 308 g/mol. The van der Waals surface area contributed by atoms with E-state index in [1.807, 2.05) is 36.1 Å². The zero-order valence-corrected chi connectivity index (χ0v) is 14.4. The van der Waals surface area contributed by atoms with Gasteiger partial charge in [0.1, 0.15) is 5.01 Å². The summed E-state index contributed by atoms with van der Waals surface area (Å²) in [4.78, 5) is 19.5. The number of hydrogen-bond acceptors (Lipinski definition) is 4. The standard InChI is InChI=1S/C18H22N2O2S/c1-13-12-23-17(19-13)16-5-3-4-10-20(16)18(21)15-8-6-14(7-9-15)11-22-2/h6-9,12,16H,3-5,10-11H2,1-2H3/t16-/m0/s1. The predicted molar refractivity (Wildman–Crippen MR) is 91.6 cm³/mol. The lowest BCUT2D eigenvalue weighted by atomic mass is 10.0. The number of thiazole rings is 1. The molecule has 3 rings (SSSR count). The summed E-state index contributed by atoms with van der Waals surface area (Å²) < 4.78 is 5.12. The molecule has 1 fully saturated rings. The van der Waals surface area contributed by atoms with Gasteiger partial charge in [0.05, 0.1) is 12.6 Å². The van der Waals surface area contributed by atoms with Crippen molar-refractivity contribution in [2.45, 2.75) is 38.8 Å². The van der Waals surface area contributed by atoms with Crippen molar-refractivity contribution in [3.8, 4) is 0 Å². The molecule has 0 N–H and O–H groups in total. The minimum Gasteiger partial charge on any atom is -0.380 e. The Morgan fingerprint density at radius 2 is 2.13 bits per heavy atom. The Kier molecular flexibility index (Phi) is 5.08. The van der Waals surface area contributed by atoms with Crippen molar-refractivity contribution in [3.05, 3.63) is 51.5 Å². The van der Waals surface area contributed by atoms with E-state index in [1.54, 1.807) is 18.4 Å². The number of aryl methyl sites for hydroxylation is 1. The summed E-state index contributed by atoms with van der Waals surface area (Å²) in [7, 11) is 1.67. The number of likely N-dealkylation sites (tertiary alicyclic amines) is 1. The van der Waals surface area contributed by atoms with Crippen molar-refractivity contribution in [2.24, 2.45) is 0 Å². The molecule has 1 aromatic heterocycles. The molecule has 0 unspecified atom stereocenters. The van der Waals surface area contributed by atoms with E-state index in [4.69, 9.17) is 4.74 Å². The number of benzene rings is 1. The molecule has 0 saturated carbocycles. The van der Waals surface area contributed by atoms with Gasteiger partial charge in [0, 0.05) is 30.3 Å². The normalized spacial score (nSPS) is 18.2. The molecule has 122 valence electrons. The zero-order chi connectivity index (χ0) is 16.2. The zero-order valence-electron chi connectivity index (χ0n) is 13.6. The Balaban J connectivity index is 1.80. The number of hydrogen-bond donors (Lipinski definition) is 0. The second-order valence-electron chi connectivity index (χ2n) is 5.97. The monoisotopic (exact) mass is 330 g/mol. The predicted octanol–water partition coefficient (Wildman–Crippen LogP) is 3.97. The highest BCUT2D eigenvalue weighted by Gasteiger charge is 2.30. The topological polar surface area (TPSA) is 42.4 Å². The fourth-order valence-electron chi connectivity index (χ4n) is 3.03. The van der Waals surface area contributed by atoms with Gasteiger partial charge in [-0.25, -0.2) is 4.98 Å². The van der Waals surface area contributed by atoms with E-state index in [0.29, 0.717) is 6.61 Å². The van der Waals surface area contributed by atoms with Crippen molar-refractivity contribution in [2.75, 3.05) is 13.7 Å². The fraction of sp³-hybridized carbons (Fsp3) is 0.444. The number of amides is 1. The van der Waals surface area contributed by atoms with E-state index in [-0.39, 0.29) is 11.9 Å². The van der Waals surface area contributed by atoms with Crippen LogP contribution in [0, 0.1) is 6.92 Å². The maximum Gasteiger partial charge on any atom is 0.254 e. The Labute approximate surface area is 141 Å². The molecule has 2 aromatic rings. The third-order valence-corrected chi connectivity index (χ3v) is 5.26. The van der Waals surface area contributed by atoms with Gasteiger partial charge in [-0.15, -0.1) is 11.3 Å². The van der Waals surface area contributed by atoms with Crippen LogP contribution in [0.2, 0.25) is 0 Å². The summed E-state index contributed by atoms with van der Waals surface area (Å²) in [5.74, 6) is 0.103. The van der Waals surface area contributed by atoms with Crippen LogP contribution < -0.4 is 0 Å². The molecule has 1 amide bonds. The average Bonchev–Trinajstić information content (AvgIpc) is 3.02. The lowest BCUT2D eigenvalue weighted by Gasteiger charge is -2.34. The maximum absolute atomic E-state index is 12.9. The molecule has 1 aromatic carbocycles. The van der Waals surface area contributed by atoms with Gasteiger partial charge in [-0.3, -0.25) is 4.79 Å². The quantitative estimate of drug-likeness (QED) is 0.852. The van der Waals surface area contributed by atoms with Crippen LogP contribution in [0.5, 0.6) is 0 Å². The number of ether oxygens (including phenoxy) is 1. The van der Waals surface area contributed by atoms with Crippen molar-refractivity contribution in [3.63, 3.8) is 0 Å². The summed E-state index contributed by atoms with van der Waals surface area (Å²) in [5.41, 5.74) is 2.85. The summed E-state index contributed by atoms with van der Waals surface area (Å²) >= 11 is 1.66. The van der Waals surface area contributed by atoms with Crippen molar-refractivity contribution < 1.29 is 9.53 Å². The molecule has 5 heteroatoms. The highest BCUT2D eigenvalue weighted by Crippen LogP contribution is 2.33. The molecule has 1 aliphatic heterocycles. The van der Waals surface area contributed by atoms with Gasteiger partial charge in [-0.05, 0) is 43.9 Å². The maximum atomic E-state index is 12.9. The smallest absolute Gasteiger partial charge is 0.254 e. The lowest BCUT2D eigenvalue weighted by Crippen LogP contribution is -2.38. The van der Waals surface area contributed by atoms with Gasteiger partial charge in [0.25, 0.3) is 5.91 Å². The van der Waals surface area contributed by atoms with Crippen LogP contribution in [-0.4, -0.2) is 29.4 Å². The first-order valence-corrected chi connectivity index (χ1v) is 8.88. The van der Waals surface area contributed by atoms with Gasteiger partial charge in [-0.2, -0.15) is 0 Å². The van der Waals surface area contributed by atoms with Crippen molar-refractivity contribution >= 4 is 17.2 Å². The molecule has 1 atom stereocenters. The van der Waals surface area contributed by atoms with Gasteiger partial charge in [0.15, 0.2) is 0 Å². The number of aromatic nitrogens is 1. The highest BCUT2D eigenvalue weighted by atomic mass is 32.1. The molecule has 0 spiro atoms.